The topological polar surface area (TPSA) is 73.7 Å². The molecule has 1 aliphatic heterocycles. The van der Waals surface area contributed by atoms with Crippen LogP contribution < -0.4 is 9.47 Å². The maximum atomic E-state index is 5.69. The SMILES string of the molecule is CCOc1c(/C=N\n2c(C3CCCO3)n[nH]c2=S)cccc1OC. The summed E-state index contributed by atoms with van der Waals surface area (Å²) in [5.74, 6) is 2.01. The molecule has 2 aromatic rings. The molecular weight excluding hydrogens is 328 g/mol. The molecule has 24 heavy (non-hydrogen) atoms. The molecule has 1 fully saturated rings. The van der Waals surface area contributed by atoms with Crippen molar-refractivity contribution in [2.75, 3.05) is 20.3 Å². The Labute approximate surface area is 145 Å². The second-order valence-corrected chi connectivity index (χ2v) is 5.64. The molecule has 8 heteroatoms. The standard InChI is InChI=1S/C16H20N4O3S/c1-3-22-14-11(6-4-7-12(14)21-2)10-17-20-15(18-19-16(20)24)13-8-5-9-23-13/h4,6-7,10,13H,3,5,8-9H2,1-2H3,(H,19,24)/b17-10-. The van der Waals surface area contributed by atoms with Crippen LogP contribution in [0.5, 0.6) is 11.5 Å². The number of benzene rings is 1. The smallest absolute Gasteiger partial charge is 0.216 e. The molecule has 2 heterocycles. The van der Waals surface area contributed by atoms with E-state index in [4.69, 9.17) is 26.4 Å². The first-order chi connectivity index (χ1) is 11.7. The van der Waals surface area contributed by atoms with Gasteiger partial charge in [0.25, 0.3) is 0 Å². The third-order valence-corrected chi connectivity index (χ3v) is 3.99. The summed E-state index contributed by atoms with van der Waals surface area (Å²) in [4.78, 5) is 0. The van der Waals surface area contributed by atoms with Gasteiger partial charge in [0.2, 0.25) is 4.77 Å². The van der Waals surface area contributed by atoms with E-state index in [9.17, 15) is 0 Å². The van der Waals surface area contributed by atoms with E-state index in [2.05, 4.69) is 15.3 Å². The average molecular weight is 348 g/mol. The lowest BCUT2D eigenvalue weighted by Crippen LogP contribution is -2.06. The number of methoxy groups -OCH3 is 1. The first-order valence-corrected chi connectivity index (χ1v) is 8.28. The summed E-state index contributed by atoms with van der Waals surface area (Å²) in [6, 6.07) is 5.65. The van der Waals surface area contributed by atoms with Crippen molar-refractivity contribution in [3.8, 4) is 11.5 Å². The Morgan fingerprint density at radius 1 is 1.54 bits per heavy atom. The summed E-state index contributed by atoms with van der Waals surface area (Å²) in [5.41, 5.74) is 0.803. The van der Waals surface area contributed by atoms with E-state index < -0.39 is 0 Å². The van der Waals surface area contributed by atoms with E-state index in [1.54, 1.807) is 18.0 Å². The molecule has 0 saturated carbocycles. The zero-order valence-corrected chi connectivity index (χ0v) is 14.5. The average Bonchev–Trinajstić information content (AvgIpc) is 3.24. The Morgan fingerprint density at radius 3 is 3.12 bits per heavy atom. The van der Waals surface area contributed by atoms with Gasteiger partial charge in [-0.3, -0.25) is 5.10 Å². The van der Waals surface area contributed by atoms with E-state index >= 15 is 0 Å². The minimum absolute atomic E-state index is 0.0771. The maximum absolute atomic E-state index is 5.69. The molecule has 1 N–H and O–H groups in total. The fourth-order valence-electron chi connectivity index (χ4n) is 2.62. The number of aromatic nitrogens is 3. The Balaban J connectivity index is 1.94. The molecule has 1 unspecified atom stereocenters. The van der Waals surface area contributed by atoms with Crippen LogP contribution in [0, 0.1) is 4.77 Å². The van der Waals surface area contributed by atoms with Gasteiger partial charge in [0, 0.05) is 12.2 Å². The van der Waals surface area contributed by atoms with Gasteiger partial charge in [0.05, 0.1) is 19.9 Å². The van der Waals surface area contributed by atoms with Crippen molar-refractivity contribution < 1.29 is 14.2 Å². The van der Waals surface area contributed by atoms with Crippen LogP contribution in [0.2, 0.25) is 0 Å². The van der Waals surface area contributed by atoms with Crippen LogP contribution >= 0.6 is 12.2 Å². The minimum Gasteiger partial charge on any atom is -0.493 e. The number of rotatable bonds is 6. The zero-order chi connectivity index (χ0) is 16.9. The lowest BCUT2D eigenvalue weighted by atomic mass is 10.2. The third kappa shape index (κ3) is 3.34. The van der Waals surface area contributed by atoms with Crippen LogP contribution in [0.1, 0.15) is 37.3 Å². The van der Waals surface area contributed by atoms with Crippen LogP contribution in [-0.4, -0.2) is 41.4 Å². The predicted molar refractivity (Wildman–Crippen MR) is 92.5 cm³/mol. The highest BCUT2D eigenvalue weighted by Crippen LogP contribution is 2.30. The highest BCUT2D eigenvalue weighted by Gasteiger charge is 2.23. The van der Waals surface area contributed by atoms with Gasteiger partial charge in [0.1, 0.15) is 6.10 Å². The Morgan fingerprint density at radius 2 is 2.42 bits per heavy atom. The van der Waals surface area contributed by atoms with Crippen molar-refractivity contribution in [2.24, 2.45) is 5.10 Å². The molecule has 0 radical (unpaired) electrons. The summed E-state index contributed by atoms with van der Waals surface area (Å²) < 4.78 is 18.7. The Bertz CT molecular complexity index is 778. The van der Waals surface area contributed by atoms with Gasteiger partial charge < -0.3 is 14.2 Å². The minimum atomic E-state index is -0.0771. The predicted octanol–water partition coefficient (Wildman–Crippen LogP) is 3.08. The van der Waals surface area contributed by atoms with Gasteiger partial charge in [-0.1, -0.05) is 6.07 Å². The van der Waals surface area contributed by atoms with Crippen molar-refractivity contribution >= 4 is 18.4 Å². The number of nitrogens with zero attached hydrogens (tertiary/aromatic N) is 3. The van der Waals surface area contributed by atoms with Crippen LogP contribution in [0.4, 0.5) is 0 Å². The summed E-state index contributed by atoms with van der Waals surface area (Å²) in [5, 5.41) is 11.5. The van der Waals surface area contributed by atoms with Gasteiger partial charge >= 0.3 is 0 Å². The number of ether oxygens (including phenoxy) is 3. The first kappa shape index (κ1) is 16.7. The Hall–Kier alpha value is -2.19. The summed E-state index contributed by atoms with van der Waals surface area (Å²) in [6.07, 6.45) is 3.54. The molecule has 128 valence electrons. The number of para-hydroxylation sites is 1. The number of H-pyrrole nitrogens is 1. The van der Waals surface area contributed by atoms with Crippen molar-refractivity contribution in [3.63, 3.8) is 0 Å². The summed E-state index contributed by atoms with van der Waals surface area (Å²) in [6.45, 7) is 3.20. The largest absolute Gasteiger partial charge is 0.493 e. The highest BCUT2D eigenvalue weighted by molar-refractivity contribution is 7.71. The first-order valence-electron chi connectivity index (χ1n) is 7.87. The monoisotopic (exact) mass is 348 g/mol. The van der Waals surface area contributed by atoms with E-state index in [-0.39, 0.29) is 6.10 Å². The van der Waals surface area contributed by atoms with Gasteiger partial charge in [-0.2, -0.15) is 14.9 Å². The molecule has 1 saturated heterocycles. The van der Waals surface area contributed by atoms with Gasteiger partial charge in [-0.15, -0.1) is 0 Å². The third-order valence-electron chi connectivity index (χ3n) is 3.72. The Kier molecular flexibility index (Phi) is 5.27. The van der Waals surface area contributed by atoms with Gasteiger partial charge in [-0.05, 0) is 44.1 Å². The van der Waals surface area contributed by atoms with E-state index in [0.717, 1.165) is 25.0 Å². The van der Waals surface area contributed by atoms with Crippen LogP contribution in [0.25, 0.3) is 0 Å². The normalized spacial score (nSPS) is 17.5. The lowest BCUT2D eigenvalue weighted by molar-refractivity contribution is 0.102. The second kappa shape index (κ2) is 7.59. The maximum Gasteiger partial charge on any atom is 0.216 e. The van der Waals surface area contributed by atoms with Crippen LogP contribution in [0.15, 0.2) is 23.3 Å². The van der Waals surface area contributed by atoms with Crippen molar-refractivity contribution in [2.45, 2.75) is 25.9 Å². The highest BCUT2D eigenvalue weighted by atomic mass is 32.1. The van der Waals surface area contributed by atoms with Gasteiger partial charge in [-0.25, -0.2) is 0 Å². The molecule has 7 nitrogen and oxygen atoms in total. The van der Waals surface area contributed by atoms with E-state index in [1.807, 2.05) is 25.1 Å². The summed E-state index contributed by atoms with van der Waals surface area (Å²) >= 11 is 5.28. The number of hydrogen-bond donors (Lipinski definition) is 1. The van der Waals surface area contributed by atoms with Crippen molar-refractivity contribution in [3.05, 3.63) is 34.4 Å². The molecule has 0 spiro atoms. The molecule has 1 aliphatic rings. The van der Waals surface area contributed by atoms with Crippen LogP contribution in [-0.2, 0) is 4.74 Å². The molecule has 1 aromatic heterocycles. The summed E-state index contributed by atoms with van der Waals surface area (Å²) in [7, 11) is 1.61. The zero-order valence-electron chi connectivity index (χ0n) is 13.7. The molecule has 0 bridgehead atoms. The van der Waals surface area contributed by atoms with Crippen molar-refractivity contribution in [1.29, 1.82) is 0 Å². The molecule has 3 rings (SSSR count). The quantitative estimate of drug-likeness (QED) is 0.641. The molecule has 0 aliphatic carbocycles. The molecule has 1 atom stereocenters. The number of aromatic amines is 1. The fourth-order valence-corrected chi connectivity index (χ4v) is 2.81. The van der Waals surface area contributed by atoms with Crippen molar-refractivity contribution in [1.82, 2.24) is 14.9 Å². The van der Waals surface area contributed by atoms with E-state index in [0.29, 0.717) is 28.7 Å². The number of nitrogens with one attached hydrogen (secondary N) is 1. The lowest BCUT2D eigenvalue weighted by Gasteiger charge is -2.11. The fraction of sp³-hybridized carbons (Fsp3) is 0.438. The van der Waals surface area contributed by atoms with E-state index in [1.165, 1.54) is 0 Å². The number of hydrogen-bond acceptors (Lipinski definition) is 6. The second-order valence-electron chi connectivity index (χ2n) is 5.26. The molecule has 0 amide bonds. The van der Waals surface area contributed by atoms with Crippen LogP contribution in [0.3, 0.4) is 0 Å². The molecule has 1 aromatic carbocycles. The molecular formula is C16H20N4O3S. The van der Waals surface area contributed by atoms with Gasteiger partial charge in [0.15, 0.2) is 17.3 Å².